The van der Waals surface area contributed by atoms with Gasteiger partial charge in [0, 0.05) is 17.1 Å². The molecule has 184 valence electrons. The number of hydrogen-bond acceptors (Lipinski definition) is 8. The number of ether oxygens (including phenoxy) is 2. The maximum atomic E-state index is 13.3. The first kappa shape index (κ1) is 25.0. The van der Waals surface area contributed by atoms with Crippen molar-refractivity contribution in [3.05, 3.63) is 64.0 Å². The summed E-state index contributed by atoms with van der Waals surface area (Å²) in [5, 5.41) is 7.87. The van der Waals surface area contributed by atoms with Crippen LogP contribution < -0.4 is 14.2 Å². The van der Waals surface area contributed by atoms with E-state index in [0.29, 0.717) is 38.1 Å². The van der Waals surface area contributed by atoms with Crippen LogP contribution in [0.3, 0.4) is 0 Å². The molecule has 1 unspecified atom stereocenters. The van der Waals surface area contributed by atoms with Gasteiger partial charge in [-0.1, -0.05) is 17.7 Å². The van der Waals surface area contributed by atoms with Gasteiger partial charge in [0.05, 0.1) is 36.4 Å². The lowest BCUT2D eigenvalue weighted by atomic mass is 10.2. The van der Waals surface area contributed by atoms with Gasteiger partial charge < -0.3 is 13.9 Å². The van der Waals surface area contributed by atoms with E-state index in [2.05, 4.69) is 35.8 Å². The smallest absolute Gasteiger partial charge is 0.243 e. The Morgan fingerprint density at radius 3 is 2.49 bits per heavy atom. The molecule has 1 aromatic carbocycles. The number of pyridine rings is 1. The molecule has 0 saturated heterocycles. The van der Waals surface area contributed by atoms with Crippen molar-refractivity contribution in [2.75, 3.05) is 18.9 Å². The highest BCUT2D eigenvalue weighted by Crippen LogP contribution is 2.38. The third kappa shape index (κ3) is 5.14. The second-order valence-electron chi connectivity index (χ2n) is 7.41. The average molecular weight is 583 g/mol. The summed E-state index contributed by atoms with van der Waals surface area (Å²) in [5.74, 6) is 1.40. The summed E-state index contributed by atoms with van der Waals surface area (Å²) < 4.78 is 47.9. The van der Waals surface area contributed by atoms with Gasteiger partial charge in [0.2, 0.25) is 21.8 Å². The molecule has 0 aliphatic rings. The minimum Gasteiger partial charge on any atom is -0.494 e. The fourth-order valence-electron chi connectivity index (χ4n) is 3.38. The van der Waals surface area contributed by atoms with Crippen molar-refractivity contribution in [1.29, 1.82) is 0 Å². The summed E-state index contributed by atoms with van der Waals surface area (Å²) in [4.78, 5) is 4.24. The summed E-state index contributed by atoms with van der Waals surface area (Å²) in [6, 6.07) is 10.2. The van der Waals surface area contributed by atoms with Crippen molar-refractivity contribution < 1.29 is 22.3 Å². The fourth-order valence-corrected chi connectivity index (χ4v) is 5.15. The van der Waals surface area contributed by atoms with E-state index in [4.69, 9.17) is 25.5 Å². The lowest BCUT2D eigenvalue weighted by Crippen LogP contribution is -2.29. The van der Waals surface area contributed by atoms with Crippen LogP contribution in [0, 0.1) is 0 Å². The first-order chi connectivity index (χ1) is 16.7. The van der Waals surface area contributed by atoms with Crippen LogP contribution in [0.2, 0.25) is 5.02 Å². The highest BCUT2D eigenvalue weighted by Gasteiger charge is 2.29. The molecular weight excluding hydrogens is 562 g/mol. The van der Waals surface area contributed by atoms with E-state index in [1.54, 1.807) is 43.3 Å². The molecule has 13 heteroatoms. The standard InChI is InChI=1S/C22H21BrClN5O5S/c1-13(10-16-15(23)11-14(24)12-25-16)35(30,31)28-22-27-26-21(19-8-5-9-34-19)29(22)20-17(32-2)6-4-7-18(20)33-3/h4-9,11-13H,10H2,1-3H3,(H,27,28). The summed E-state index contributed by atoms with van der Waals surface area (Å²) in [6.07, 6.45) is 3.08. The van der Waals surface area contributed by atoms with Crippen molar-refractivity contribution in [2.24, 2.45) is 0 Å². The third-order valence-corrected chi connectivity index (χ3v) is 7.74. The van der Waals surface area contributed by atoms with Crippen LogP contribution in [0.4, 0.5) is 5.95 Å². The van der Waals surface area contributed by atoms with E-state index in [9.17, 15) is 8.42 Å². The monoisotopic (exact) mass is 581 g/mol. The first-order valence-electron chi connectivity index (χ1n) is 10.3. The molecule has 35 heavy (non-hydrogen) atoms. The van der Waals surface area contributed by atoms with Crippen LogP contribution >= 0.6 is 27.5 Å². The highest BCUT2D eigenvalue weighted by molar-refractivity contribution is 9.10. The van der Waals surface area contributed by atoms with Crippen molar-refractivity contribution in [2.45, 2.75) is 18.6 Å². The Morgan fingerprint density at radius 1 is 1.17 bits per heavy atom. The second kappa shape index (κ2) is 10.3. The van der Waals surface area contributed by atoms with Crippen LogP contribution in [0.5, 0.6) is 11.5 Å². The maximum Gasteiger partial charge on any atom is 0.243 e. The van der Waals surface area contributed by atoms with Crippen LogP contribution in [-0.2, 0) is 16.4 Å². The van der Waals surface area contributed by atoms with Crippen LogP contribution in [0.1, 0.15) is 12.6 Å². The first-order valence-corrected chi connectivity index (χ1v) is 13.0. The molecule has 0 amide bonds. The van der Waals surface area contributed by atoms with Gasteiger partial charge in [-0.2, -0.15) is 0 Å². The Labute approximate surface area is 215 Å². The van der Waals surface area contributed by atoms with Gasteiger partial charge in [-0.25, -0.2) is 8.42 Å². The Bertz CT molecular complexity index is 1420. The average Bonchev–Trinajstić information content (AvgIpc) is 3.50. The van der Waals surface area contributed by atoms with E-state index in [0.717, 1.165) is 0 Å². The van der Waals surface area contributed by atoms with Crippen molar-refractivity contribution >= 4 is 43.5 Å². The Morgan fingerprint density at radius 2 is 1.89 bits per heavy atom. The van der Waals surface area contributed by atoms with E-state index in [1.807, 2.05) is 0 Å². The molecule has 4 aromatic rings. The summed E-state index contributed by atoms with van der Waals surface area (Å²) >= 11 is 9.33. The second-order valence-corrected chi connectivity index (χ2v) is 10.8. The molecule has 10 nitrogen and oxygen atoms in total. The maximum absolute atomic E-state index is 13.3. The van der Waals surface area contributed by atoms with Crippen LogP contribution in [0.15, 0.2) is 57.7 Å². The quantitative estimate of drug-likeness (QED) is 0.301. The molecule has 3 heterocycles. The minimum absolute atomic E-state index is 0.0609. The lowest BCUT2D eigenvalue weighted by Gasteiger charge is -2.18. The van der Waals surface area contributed by atoms with E-state index >= 15 is 0 Å². The molecule has 0 saturated carbocycles. The Balaban J connectivity index is 1.77. The summed E-state index contributed by atoms with van der Waals surface area (Å²) in [5.41, 5.74) is 0.956. The summed E-state index contributed by atoms with van der Waals surface area (Å²) in [7, 11) is -0.947. The predicted molar refractivity (Wildman–Crippen MR) is 135 cm³/mol. The van der Waals surface area contributed by atoms with Gasteiger partial charge in [0.15, 0.2) is 5.76 Å². The number of furan rings is 1. The lowest BCUT2D eigenvalue weighted by molar-refractivity contribution is 0.391. The van der Waals surface area contributed by atoms with Crippen molar-refractivity contribution in [3.63, 3.8) is 0 Å². The van der Waals surface area contributed by atoms with Gasteiger partial charge in [0.1, 0.15) is 17.2 Å². The number of para-hydroxylation sites is 1. The van der Waals surface area contributed by atoms with Gasteiger partial charge in [0.25, 0.3) is 0 Å². The molecule has 0 bridgehead atoms. The molecule has 4 rings (SSSR count). The van der Waals surface area contributed by atoms with E-state index in [1.165, 1.54) is 31.2 Å². The molecule has 1 atom stereocenters. The molecule has 0 aliphatic carbocycles. The number of halogens is 2. The molecule has 1 N–H and O–H groups in total. The zero-order chi connectivity index (χ0) is 25.2. The van der Waals surface area contributed by atoms with Gasteiger partial charge in [-0.3, -0.25) is 14.3 Å². The molecule has 0 aliphatic heterocycles. The third-order valence-electron chi connectivity index (χ3n) is 5.16. The normalized spacial score (nSPS) is 12.4. The zero-order valence-electron chi connectivity index (χ0n) is 18.9. The Hall–Kier alpha value is -3.09. The topological polar surface area (TPSA) is 121 Å². The number of hydrogen-bond donors (Lipinski definition) is 1. The SMILES string of the molecule is COc1cccc(OC)c1-n1c(NS(=O)(=O)C(C)Cc2ncc(Cl)cc2Br)nnc1-c1ccco1. The van der Waals surface area contributed by atoms with E-state index in [-0.39, 0.29) is 18.2 Å². The number of methoxy groups -OCH3 is 2. The van der Waals surface area contributed by atoms with Crippen molar-refractivity contribution in [3.8, 4) is 28.8 Å². The number of sulfonamides is 1. The molecule has 3 aromatic heterocycles. The molecular formula is C22H21BrClN5O5S. The number of aromatic nitrogens is 4. The van der Waals surface area contributed by atoms with Crippen molar-refractivity contribution in [1.82, 2.24) is 19.7 Å². The predicted octanol–water partition coefficient (Wildman–Crippen LogP) is 4.73. The number of nitrogens with zero attached hydrogens (tertiary/aromatic N) is 4. The van der Waals surface area contributed by atoms with Crippen LogP contribution in [0.25, 0.3) is 17.3 Å². The summed E-state index contributed by atoms with van der Waals surface area (Å²) in [6.45, 7) is 1.57. The number of anilines is 1. The zero-order valence-corrected chi connectivity index (χ0v) is 22.1. The molecule has 0 fully saturated rings. The largest absolute Gasteiger partial charge is 0.494 e. The number of benzene rings is 1. The van der Waals surface area contributed by atoms with Gasteiger partial charge >= 0.3 is 0 Å². The number of rotatable bonds is 9. The molecule has 0 radical (unpaired) electrons. The Kier molecular flexibility index (Phi) is 7.33. The fraction of sp³-hybridized carbons (Fsp3) is 0.227. The van der Waals surface area contributed by atoms with E-state index < -0.39 is 15.3 Å². The van der Waals surface area contributed by atoms with Crippen LogP contribution in [-0.4, -0.2) is 47.6 Å². The molecule has 0 spiro atoms. The van der Waals surface area contributed by atoms with Gasteiger partial charge in [-0.15, -0.1) is 10.2 Å². The number of nitrogens with one attached hydrogen (secondary N) is 1. The minimum atomic E-state index is -3.94. The highest BCUT2D eigenvalue weighted by atomic mass is 79.9. The van der Waals surface area contributed by atoms with Gasteiger partial charge in [-0.05, 0) is 53.2 Å².